The zero-order valence-electron chi connectivity index (χ0n) is 9.95. The van der Waals surface area contributed by atoms with Crippen LogP contribution in [-0.4, -0.2) is 6.04 Å². The van der Waals surface area contributed by atoms with Crippen LogP contribution in [0.4, 0.5) is 0 Å². The van der Waals surface area contributed by atoms with Gasteiger partial charge in [0, 0.05) is 6.04 Å². The predicted molar refractivity (Wildman–Crippen MR) is 67.0 cm³/mol. The molecule has 0 aliphatic heterocycles. The first kappa shape index (κ1) is 12.3. The van der Waals surface area contributed by atoms with Gasteiger partial charge in [0.25, 0.3) is 0 Å². The van der Waals surface area contributed by atoms with Gasteiger partial charge in [-0.05, 0) is 30.7 Å². The monoisotopic (exact) mass is 205 g/mol. The van der Waals surface area contributed by atoms with Crippen molar-refractivity contribution in [1.82, 2.24) is 0 Å². The Morgan fingerprint density at radius 3 is 2.33 bits per heavy atom. The normalized spacial score (nSPS) is 14.9. The molecule has 0 saturated heterocycles. The molecule has 1 aromatic carbocycles. The van der Waals surface area contributed by atoms with E-state index < -0.39 is 0 Å². The van der Waals surface area contributed by atoms with Crippen LogP contribution in [0.15, 0.2) is 30.3 Å². The van der Waals surface area contributed by atoms with E-state index in [1.165, 1.54) is 18.4 Å². The molecule has 2 atom stereocenters. The van der Waals surface area contributed by atoms with Gasteiger partial charge in [-0.15, -0.1) is 0 Å². The first-order valence-electron chi connectivity index (χ1n) is 6.04. The van der Waals surface area contributed by atoms with Crippen LogP contribution in [-0.2, 0) is 0 Å². The van der Waals surface area contributed by atoms with Crippen molar-refractivity contribution in [2.24, 2.45) is 5.73 Å². The summed E-state index contributed by atoms with van der Waals surface area (Å²) in [6, 6.07) is 11.1. The summed E-state index contributed by atoms with van der Waals surface area (Å²) in [5.41, 5.74) is 7.44. The van der Waals surface area contributed by atoms with Crippen LogP contribution in [0.3, 0.4) is 0 Å². The molecule has 0 aliphatic rings. The van der Waals surface area contributed by atoms with Gasteiger partial charge in [0.2, 0.25) is 0 Å². The lowest BCUT2D eigenvalue weighted by molar-refractivity contribution is 0.510. The summed E-state index contributed by atoms with van der Waals surface area (Å²) in [7, 11) is 0. The fraction of sp³-hybridized carbons (Fsp3) is 0.571. The highest BCUT2D eigenvalue weighted by Crippen LogP contribution is 2.21. The Balaban J connectivity index is 2.33. The minimum absolute atomic E-state index is 0.390. The second-order valence-electron chi connectivity index (χ2n) is 4.44. The molecule has 0 spiro atoms. The second kappa shape index (κ2) is 6.62. The third-order valence-electron chi connectivity index (χ3n) is 3.00. The number of rotatable bonds is 6. The standard InChI is InChI=1S/C14H23N/c1-3-7-14(15)11-10-12(2)13-8-5-4-6-9-13/h4-6,8-9,12,14H,3,7,10-11,15H2,1-2H3/t12?,14-/m1/s1. The Morgan fingerprint density at radius 2 is 1.73 bits per heavy atom. The summed E-state index contributed by atoms with van der Waals surface area (Å²) < 4.78 is 0. The number of nitrogens with two attached hydrogens (primary N) is 1. The van der Waals surface area contributed by atoms with E-state index in [9.17, 15) is 0 Å². The van der Waals surface area contributed by atoms with Gasteiger partial charge in [0.05, 0.1) is 0 Å². The van der Waals surface area contributed by atoms with Crippen LogP contribution in [0.2, 0.25) is 0 Å². The first-order chi connectivity index (χ1) is 7.24. The third kappa shape index (κ3) is 4.48. The van der Waals surface area contributed by atoms with Crippen molar-refractivity contribution in [3.8, 4) is 0 Å². The van der Waals surface area contributed by atoms with E-state index in [2.05, 4.69) is 44.2 Å². The zero-order chi connectivity index (χ0) is 11.1. The lowest BCUT2D eigenvalue weighted by Gasteiger charge is -2.15. The molecule has 1 unspecified atom stereocenters. The van der Waals surface area contributed by atoms with E-state index in [1.54, 1.807) is 0 Å². The van der Waals surface area contributed by atoms with Crippen molar-refractivity contribution in [3.05, 3.63) is 35.9 Å². The van der Waals surface area contributed by atoms with Gasteiger partial charge in [-0.2, -0.15) is 0 Å². The molecular formula is C14H23N. The van der Waals surface area contributed by atoms with E-state index >= 15 is 0 Å². The predicted octanol–water partition coefficient (Wildman–Crippen LogP) is 3.70. The lowest BCUT2D eigenvalue weighted by Crippen LogP contribution is -2.19. The van der Waals surface area contributed by atoms with Crippen LogP contribution in [0.5, 0.6) is 0 Å². The molecule has 0 bridgehead atoms. The fourth-order valence-corrected chi connectivity index (χ4v) is 1.93. The van der Waals surface area contributed by atoms with Gasteiger partial charge < -0.3 is 5.73 Å². The molecule has 0 aromatic heterocycles. The van der Waals surface area contributed by atoms with Crippen molar-refractivity contribution in [2.45, 2.75) is 51.5 Å². The minimum Gasteiger partial charge on any atom is -0.328 e. The maximum absolute atomic E-state index is 6.01. The van der Waals surface area contributed by atoms with Crippen LogP contribution < -0.4 is 5.73 Å². The molecule has 0 fully saturated rings. The quantitative estimate of drug-likeness (QED) is 0.753. The molecule has 0 heterocycles. The zero-order valence-corrected chi connectivity index (χ0v) is 9.95. The van der Waals surface area contributed by atoms with E-state index in [1.807, 2.05) is 0 Å². The highest BCUT2D eigenvalue weighted by molar-refractivity contribution is 5.18. The Labute approximate surface area is 93.7 Å². The average molecular weight is 205 g/mol. The molecule has 0 radical (unpaired) electrons. The molecular weight excluding hydrogens is 182 g/mol. The highest BCUT2D eigenvalue weighted by Gasteiger charge is 2.07. The summed E-state index contributed by atoms with van der Waals surface area (Å²) in [5, 5.41) is 0. The topological polar surface area (TPSA) is 26.0 Å². The van der Waals surface area contributed by atoms with Crippen LogP contribution in [0, 0.1) is 0 Å². The summed E-state index contributed by atoms with van der Waals surface area (Å²) in [6.07, 6.45) is 4.69. The van der Waals surface area contributed by atoms with Gasteiger partial charge in [0.15, 0.2) is 0 Å². The molecule has 1 rings (SSSR count). The highest BCUT2D eigenvalue weighted by atomic mass is 14.6. The third-order valence-corrected chi connectivity index (χ3v) is 3.00. The first-order valence-corrected chi connectivity index (χ1v) is 6.04. The lowest BCUT2D eigenvalue weighted by atomic mass is 9.93. The maximum atomic E-state index is 6.01. The van der Waals surface area contributed by atoms with Gasteiger partial charge >= 0.3 is 0 Å². The number of hydrogen-bond donors (Lipinski definition) is 1. The molecule has 1 nitrogen and oxygen atoms in total. The van der Waals surface area contributed by atoms with Crippen LogP contribution in [0.1, 0.15) is 51.0 Å². The van der Waals surface area contributed by atoms with E-state index in [0.717, 1.165) is 12.8 Å². The van der Waals surface area contributed by atoms with Crippen molar-refractivity contribution < 1.29 is 0 Å². The Hall–Kier alpha value is -0.820. The van der Waals surface area contributed by atoms with E-state index in [4.69, 9.17) is 5.73 Å². The number of benzene rings is 1. The van der Waals surface area contributed by atoms with Crippen molar-refractivity contribution in [2.75, 3.05) is 0 Å². The average Bonchev–Trinajstić information content (AvgIpc) is 2.27. The minimum atomic E-state index is 0.390. The summed E-state index contributed by atoms with van der Waals surface area (Å²) in [4.78, 5) is 0. The summed E-state index contributed by atoms with van der Waals surface area (Å²) in [6.45, 7) is 4.48. The van der Waals surface area contributed by atoms with Crippen molar-refractivity contribution in [1.29, 1.82) is 0 Å². The smallest absolute Gasteiger partial charge is 0.00389 e. The molecule has 1 heteroatoms. The van der Waals surface area contributed by atoms with Gasteiger partial charge in [-0.25, -0.2) is 0 Å². The van der Waals surface area contributed by atoms with E-state index in [0.29, 0.717) is 12.0 Å². The van der Waals surface area contributed by atoms with Crippen molar-refractivity contribution >= 4 is 0 Å². The van der Waals surface area contributed by atoms with Gasteiger partial charge in [-0.1, -0.05) is 50.6 Å². The summed E-state index contributed by atoms with van der Waals surface area (Å²) in [5.74, 6) is 0.633. The molecule has 0 saturated carbocycles. The van der Waals surface area contributed by atoms with Gasteiger partial charge in [0.1, 0.15) is 0 Å². The molecule has 2 N–H and O–H groups in total. The largest absolute Gasteiger partial charge is 0.328 e. The molecule has 84 valence electrons. The second-order valence-corrected chi connectivity index (χ2v) is 4.44. The maximum Gasteiger partial charge on any atom is 0.00389 e. The molecule has 1 aromatic rings. The Morgan fingerprint density at radius 1 is 1.07 bits per heavy atom. The van der Waals surface area contributed by atoms with E-state index in [-0.39, 0.29) is 0 Å². The summed E-state index contributed by atoms with van der Waals surface area (Å²) >= 11 is 0. The Bertz CT molecular complexity index is 255. The number of hydrogen-bond acceptors (Lipinski definition) is 1. The molecule has 0 aliphatic carbocycles. The van der Waals surface area contributed by atoms with Gasteiger partial charge in [-0.3, -0.25) is 0 Å². The van der Waals surface area contributed by atoms with Crippen molar-refractivity contribution in [3.63, 3.8) is 0 Å². The molecule has 0 amide bonds. The Kier molecular flexibility index (Phi) is 5.41. The van der Waals surface area contributed by atoms with Crippen LogP contribution in [0.25, 0.3) is 0 Å². The fourth-order valence-electron chi connectivity index (χ4n) is 1.93. The van der Waals surface area contributed by atoms with Crippen LogP contribution >= 0.6 is 0 Å². The SMILES string of the molecule is CCC[C@@H](N)CCC(C)c1ccccc1. The molecule has 15 heavy (non-hydrogen) atoms.